The number of nitrogens with zero attached hydrogens (tertiary/aromatic N) is 3. The predicted molar refractivity (Wildman–Crippen MR) is 107 cm³/mol. The van der Waals surface area contributed by atoms with Gasteiger partial charge in [0.1, 0.15) is 0 Å². The number of β-amino-alcohol motifs (C(OH)–C–C–N with tert-alkyl or cyclic N) is 1. The van der Waals surface area contributed by atoms with Crippen molar-refractivity contribution in [1.82, 2.24) is 9.80 Å². The van der Waals surface area contributed by atoms with Gasteiger partial charge in [-0.25, -0.2) is 0 Å². The second kappa shape index (κ2) is 7.78. The number of hydrogen-bond donors (Lipinski definition) is 1. The summed E-state index contributed by atoms with van der Waals surface area (Å²) in [6.07, 6.45) is 1.47. The van der Waals surface area contributed by atoms with Crippen LogP contribution in [0.5, 0.6) is 0 Å². The summed E-state index contributed by atoms with van der Waals surface area (Å²) in [6.45, 7) is 8.02. The van der Waals surface area contributed by atoms with Crippen LogP contribution in [0.15, 0.2) is 24.3 Å². The van der Waals surface area contributed by atoms with E-state index in [0.717, 1.165) is 32.5 Å². The summed E-state index contributed by atoms with van der Waals surface area (Å²) >= 11 is 0. The maximum atomic E-state index is 12.5. The normalized spacial score (nSPS) is 26.0. The Labute approximate surface area is 162 Å². The van der Waals surface area contributed by atoms with Gasteiger partial charge in [0.15, 0.2) is 5.60 Å². The van der Waals surface area contributed by atoms with Crippen LogP contribution < -0.4 is 4.90 Å². The van der Waals surface area contributed by atoms with Crippen molar-refractivity contribution >= 4 is 11.6 Å². The van der Waals surface area contributed by atoms with Crippen LogP contribution in [0, 0.1) is 6.92 Å². The highest BCUT2D eigenvalue weighted by molar-refractivity contribution is 5.84. The molecule has 0 saturated carbocycles. The predicted octanol–water partition coefficient (Wildman–Crippen LogP) is 1.51. The molecule has 1 atom stereocenters. The second-order valence-electron chi connectivity index (χ2n) is 8.54. The molecule has 0 bridgehead atoms. The van der Waals surface area contributed by atoms with Crippen molar-refractivity contribution in [1.29, 1.82) is 0 Å². The minimum absolute atomic E-state index is 0.0200. The summed E-state index contributed by atoms with van der Waals surface area (Å²) in [4.78, 5) is 18.6. The van der Waals surface area contributed by atoms with Crippen LogP contribution in [0.25, 0.3) is 0 Å². The van der Waals surface area contributed by atoms with Gasteiger partial charge < -0.3 is 19.6 Å². The van der Waals surface area contributed by atoms with Crippen LogP contribution >= 0.6 is 0 Å². The molecule has 0 aliphatic carbocycles. The van der Waals surface area contributed by atoms with E-state index in [1.165, 1.54) is 11.3 Å². The first kappa shape index (κ1) is 20.1. The molecular formula is C21H33N3O3. The Morgan fingerprint density at radius 2 is 1.81 bits per heavy atom. The molecule has 1 amide bonds. The third kappa shape index (κ3) is 4.62. The lowest BCUT2D eigenvalue weighted by Crippen LogP contribution is -2.61. The number of carbonyl (C=O) groups is 1. The molecule has 0 unspecified atom stereocenters. The first-order chi connectivity index (χ1) is 12.7. The van der Waals surface area contributed by atoms with Gasteiger partial charge in [0.25, 0.3) is 5.91 Å². The minimum atomic E-state index is -0.833. The van der Waals surface area contributed by atoms with Crippen molar-refractivity contribution in [3.05, 3.63) is 29.8 Å². The Morgan fingerprint density at radius 1 is 1.19 bits per heavy atom. The number of ether oxygens (including phenoxy) is 1. The Hall–Kier alpha value is -1.63. The smallest absolute Gasteiger partial charge is 0.255 e. The lowest BCUT2D eigenvalue weighted by atomic mass is 9.89. The third-order valence-corrected chi connectivity index (χ3v) is 5.82. The highest BCUT2D eigenvalue weighted by Crippen LogP contribution is 2.29. The topological polar surface area (TPSA) is 56.2 Å². The molecule has 2 saturated heterocycles. The average Bonchev–Trinajstić information content (AvgIpc) is 2.62. The number of aryl methyl sites for hydroxylation is 1. The molecule has 6 nitrogen and oxygen atoms in total. The summed E-state index contributed by atoms with van der Waals surface area (Å²) in [5.41, 5.74) is 0.939. The number of rotatable bonds is 4. The van der Waals surface area contributed by atoms with E-state index in [1.54, 1.807) is 19.0 Å². The van der Waals surface area contributed by atoms with Crippen molar-refractivity contribution in [2.75, 3.05) is 58.3 Å². The van der Waals surface area contributed by atoms with Gasteiger partial charge in [-0.3, -0.25) is 9.69 Å². The van der Waals surface area contributed by atoms with E-state index in [1.807, 2.05) is 6.92 Å². The van der Waals surface area contributed by atoms with Gasteiger partial charge in [0, 0.05) is 52.5 Å². The van der Waals surface area contributed by atoms with Gasteiger partial charge in [-0.1, -0.05) is 17.7 Å². The van der Waals surface area contributed by atoms with Crippen molar-refractivity contribution in [2.45, 2.75) is 37.9 Å². The van der Waals surface area contributed by atoms with E-state index in [9.17, 15) is 9.90 Å². The fraction of sp³-hybridized carbons (Fsp3) is 0.667. The zero-order valence-corrected chi connectivity index (χ0v) is 17.1. The third-order valence-electron chi connectivity index (χ3n) is 5.82. The van der Waals surface area contributed by atoms with Gasteiger partial charge in [0.05, 0.1) is 12.2 Å². The Morgan fingerprint density at radius 3 is 2.41 bits per heavy atom. The number of hydrogen-bond acceptors (Lipinski definition) is 5. The van der Waals surface area contributed by atoms with E-state index >= 15 is 0 Å². The number of benzene rings is 1. The van der Waals surface area contributed by atoms with Gasteiger partial charge in [-0.05, 0) is 38.8 Å². The molecule has 2 heterocycles. The van der Waals surface area contributed by atoms with Crippen LogP contribution in [0.2, 0.25) is 0 Å². The van der Waals surface area contributed by atoms with Crippen LogP contribution in [0.3, 0.4) is 0 Å². The molecule has 0 aromatic heterocycles. The van der Waals surface area contributed by atoms with Crippen LogP contribution in [0.1, 0.15) is 25.3 Å². The minimum Gasteiger partial charge on any atom is -0.388 e. The fourth-order valence-corrected chi connectivity index (χ4v) is 4.20. The summed E-state index contributed by atoms with van der Waals surface area (Å²) in [6, 6.07) is 8.57. The summed E-state index contributed by atoms with van der Waals surface area (Å²) in [5, 5.41) is 11.1. The Bertz CT molecular complexity index is 653. The summed E-state index contributed by atoms with van der Waals surface area (Å²) < 4.78 is 5.80. The van der Waals surface area contributed by atoms with Crippen molar-refractivity contribution in [2.24, 2.45) is 0 Å². The number of anilines is 1. The molecule has 0 radical (unpaired) electrons. The first-order valence-corrected chi connectivity index (χ1v) is 9.83. The van der Waals surface area contributed by atoms with Crippen molar-refractivity contribution < 1.29 is 14.6 Å². The van der Waals surface area contributed by atoms with Gasteiger partial charge in [0.2, 0.25) is 0 Å². The molecule has 6 heteroatoms. The number of aliphatic hydroxyl groups is 1. The van der Waals surface area contributed by atoms with E-state index in [-0.39, 0.29) is 5.91 Å². The molecule has 2 aliphatic rings. The van der Waals surface area contributed by atoms with Crippen molar-refractivity contribution in [3.8, 4) is 0 Å². The average molecular weight is 376 g/mol. The van der Waals surface area contributed by atoms with E-state index in [0.29, 0.717) is 19.7 Å². The maximum absolute atomic E-state index is 12.5. The zero-order chi connectivity index (χ0) is 19.7. The number of piperidine rings is 1. The number of morpholine rings is 1. The number of amides is 1. The summed E-state index contributed by atoms with van der Waals surface area (Å²) in [5.74, 6) is -0.0200. The molecule has 1 aromatic carbocycles. The van der Waals surface area contributed by atoms with Gasteiger partial charge in [-0.2, -0.15) is 0 Å². The molecule has 27 heavy (non-hydrogen) atoms. The standard InChI is InChI=1S/C21H33N3O3/c1-17-5-7-18(8-6-17)24-11-9-21(26,10-12-24)16-23-13-14-27-20(2,15-23)19(25)22(3)4/h5-8,26H,9-16H2,1-4H3/t20-/m0/s1. The second-order valence-corrected chi connectivity index (χ2v) is 8.54. The zero-order valence-electron chi connectivity index (χ0n) is 17.1. The molecular weight excluding hydrogens is 342 g/mol. The fourth-order valence-electron chi connectivity index (χ4n) is 4.20. The summed E-state index contributed by atoms with van der Waals surface area (Å²) in [7, 11) is 3.51. The lowest BCUT2D eigenvalue weighted by molar-refractivity contribution is -0.168. The van der Waals surface area contributed by atoms with Crippen LogP contribution in [-0.4, -0.2) is 85.4 Å². The molecule has 150 valence electrons. The molecule has 2 fully saturated rings. The molecule has 3 rings (SSSR count). The van der Waals surface area contributed by atoms with E-state index in [2.05, 4.69) is 41.0 Å². The van der Waals surface area contributed by atoms with E-state index < -0.39 is 11.2 Å². The SMILES string of the molecule is Cc1ccc(N2CCC(O)(CN3CCO[C@](C)(C(=O)N(C)C)C3)CC2)cc1. The largest absolute Gasteiger partial charge is 0.388 e. The highest BCUT2D eigenvalue weighted by atomic mass is 16.5. The van der Waals surface area contributed by atoms with Crippen molar-refractivity contribution in [3.63, 3.8) is 0 Å². The molecule has 0 spiro atoms. The Kier molecular flexibility index (Phi) is 5.79. The van der Waals surface area contributed by atoms with Gasteiger partial charge >= 0.3 is 0 Å². The molecule has 1 aromatic rings. The van der Waals surface area contributed by atoms with E-state index in [4.69, 9.17) is 4.74 Å². The lowest BCUT2D eigenvalue weighted by Gasteiger charge is -2.45. The maximum Gasteiger partial charge on any atom is 0.255 e. The molecule has 2 aliphatic heterocycles. The quantitative estimate of drug-likeness (QED) is 0.865. The number of carbonyl (C=O) groups excluding carboxylic acids is 1. The first-order valence-electron chi connectivity index (χ1n) is 9.83. The number of likely N-dealkylation sites (N-methyl/N-ethyl adjacent to an activating group) is 1. The Balaban J connectivity index is 1.58. The van der Waals surface area contributed by atoms with Crippen LogP contribution in [0.4, 0.5) is 5.69 Å². The molecule has 1 N–H and O–H groups in total. The highest BCUT2D eigenvalue weighted by Gasteiger charge is 2.43. The van der Waals surface area contributed by atoms with Crippen LogP contribution in [-0.2, 0) is 9.53 Å². The van der Waals surface area contributed by atoms with Gasteiger partial charge in [-0.15, -0.1) is 0 Å². The monoisotopic (exact) mass is 375 g/mol.